The fourth-order valence-electron chi connectivity index (χ4n) is 1.19. The minimum Gasteiger partial charge on any atom is -0.370 e. The number of likely N-dealkylation sites (N-methyl/N-ethyl adjacent to an activating group) is 1. The second-order valence-corrected chi connectivity index (χ2v) is 3.36. The van der Waals surface area contributed by atoms with E-state index in [0.717, 1.165) is 13.0 Å². The van der Waals surface area contributed by atoms with E-state index in [1.807, 2.05) is 18.1 Å². The number of guanidine groups is 1. The van der Waals surface area contributed by atoms with Crippen LogP contribution in [0.2, 0.25) is 0 Å². The molecule has 0 saturated heterocycles. The zero-order valence-corrected chi connectivity index (χ0v) is 8.04. The van der Waals surface area contributed by atoms with Crippen LogP contribution in [0.25, 0.3) is 0 Å². The van der Waals surface area contributed by atoms with Gasteiger partial charge in [0.05, 0.1) is 0 Å². The topological polar surface area (TPSA) is 41.6 Å². The van der Waals surface area contributed by atoms with Crippen LogP contribution in [-0.4, -0.2) is 24.5 Å². The highest BCUT2D eigenvalue weighted by molar-refractivity contribution is 5.79. The molecule has 0 aliphatic carbocycles. The molecule has 0 radical (unpaired) electrons. The number of rotatable bonds is 2. The van der Waals surface area contributed by atoms with Gasteiger partial charge in [0.25, 0.3) is 0 Å². The highest BCUT2D eigenvalue weighted by Gasteiger charge is 2.13. The molecular formula is C9H17N3. The van der Waals surface area contributed by atoms with Crippen LogP contribution in [0, 0.1) is 5.92 Å². The molecule has 0 saturated carbocycles. The van der Waals surface area contributed by atoms with Crippen molar-refractivity contribution in [1.82, 2.24) is 4.90 Å². The molecule has 0 aromatic heterocycles. The number of hydrogen-bond acceptors (Lipinski definition) is 3. The maximum Gasteiger partial charge on any atom is 0.195 e. The minimum absolute atomic E-state index is 0.613. The largest absolute Gasteiger partial charge is 0.370 e. The molecule has 1 heterocycles. The monoisotopic (exact) mass is 167 g/mol. The van der Waals surface area contributed by atoms with E-state index in [2.05, 4.69) is 18.8 Å². The number of nitrogens with two attached hydrogens (primary N) is 1. The number of hydrogen-bond donors (Lipinski definition) is 1. The SMILES string of the molecule is CCC(C)C1=CN=C(N)N(C)C1. The molecule has 0 aromatic rings. The molecule has 1 atom stereocenters. The summed E-state index contributed by atoms with van der Waals surface area (Å²) in [6.07, 6.45) is 3.07. The summed E-state index contributed by atoms with van der Waals surface area (Å²) in [7, 11) is 1.97. The van der Waals surface area contributed by atoms with Crippen molar-refractivity contribution in [3.63, 3.8) is 0 Å². The van der Waals surface area contributed by atoms with Crippen molar-refractivity contribution in [2.75, 3.05) is 13.6 Å². The highest BCUT2D eigenvalue weighted by Crippen LogP contribution is 2.17. The molecule has 3 nitrogen and oxygen atoms in total. The van der Waals surface area contributed by atoms with E-state index >= 15 is 0 Å². The van der Waals surface area contributed by atoms with Crippen molar-refractivity contribution < 1.29 is 0 Å². The Kier molecular flexibility index (Phi) is 2.74. The van der Waals surface area contributed by atoms with Crippen LogP contribution in [0.3, 0.4) is 0 Å². The first-order chi connectivity index (χ1) is 5.65. The molecule has 1 aliphatic heterocycles. The van der Waals surface area contributed by atoms with Gasteiger partial charge in [-0.15, -0.1) is 0 Å². The molecule has 0 amide bonds. The first-order valence-electron chi connectivity index (χ1n) is 4.38. The second kappa shape index (κ2) is 3.61. The van der Waals surface area contributed by atoms with Crippen LogP contribution >= 0.6 is 0 Å². The van der Waals surface area contributed by atoms with Crippen LogP contribution in [-0.2, 0) is 0 Å². The third-order valence-electron chi connectivity index (χ3n) is 2.42. The highest BCUT2D eigenvalue weighted by atomic mass is 15.2. The predicted molar refractivity (Wildman–Crippen MR) is 51.8 cm³/mol. The zero-order chi connectivity index (χ0) is 9.14. The summed E-state index contributed by atoms with van der Waals surface area (Å²) < 4.78 is 0. The lowest BCUT2D eigenvalue weighted by molar-refractivity contribution is 0.487. The van der Waals surface area contributed by atoms with Crippen LogP contribution in [0.1, 0.15) is 20.3 Å². The van der Waals surface area contributed by atoms with Gasteiger partial charge in [0.2, 0.25) is 0 Å². The summed E-state index contributed by atoms with van der Waals surface area (Å²) in [6, 6.07) is 0. The van der Waals surface area contributed by atoms with Gasteiger partial charge < -0.3 is 10.6 Å². The quantitative estimate of drug-likeness (QED) is 0.671. The minimum atomic E-state index is 0.613. The van der Waals surface area contributed by atoms with Gasteiger partial charge in [-0.25, -0.2) is 4.99 Å². The Morgan fingerprint density at radius 3 is 2.92 bits per heavy atom. The lowest BCUT2D eigenvalue weighted by Gasteiger charge is -2.25. The van der Waals surface area contributed by atoms with Gasteiger partial charge in [0.1, 0.15) is 0 Å². The molecule has 1 rings (SSSR count). The van der Waals surface area contributed by atoms with Crippen molar-refractivity contribution in [2.24, 2.45) is 16.6 Å². The normalized spacial score (nSPS) is 20.1. The Bertz CT molecular complexity index is 218. The molecule has 1 unspecified atom stereocenters. The Morgan fingerprint density at radius 2 is 2.42 bits per heavy atom. The Hall–Kier alpha value is -0.990. The Labute approximate surface area is 74.0 Å². The third kappa shape index (κ3) is 1.78. The molecule has 0 spiro atoms. The van der Waals surface area contributed by atoms with Gasteiger partial charge >= 0.3 is 0 Å². The zero-order valence-electron chi connectivity index (χ0n) is 8.04. The van der Waals surface area contributed by atoms with E-state index in [4.69, 9.17) is 5.73 Å². The molecule has 12 heavy (non-hydrogen) atoms. The number of nitrogens with zero attached hydrogens (tertiary/aromatic N) is 2. The molecule has 0 fully saturated rings. The van der Waals surface area contributed by atoms with E-state index in [1.54, 1.807) is 0 Å². The fraction of sp³-hybridized carbons (Fsp3) is 0.667. The molecule has 0 bridgehead atoms. The van der Waals surface area contributed by atoms with Gasteiger partial charge in [0, 0.05) is 19.8 Å². The first-order valence-corrected chi connectivity index (χ1v) is 4.38. The molecule has 2 N–H and O–H groups in total. The van der Waals surface area contributed by atoms with E-state index < -0.39 is 0 Å². The van der Waals surface area contributed by atoms with Crippen LogP contribution in [0.5, 0.6) is 0 Å². The summed E-state index contributed by atoms with van der Waals surface area (Å²) in [5, 5.41) is 0. The summed E-state index contributed by atoms with van der Waals surface area (Å²) >= 11 is 0. The van der Waals surface area contributed by atoms with Crippen LogP contribution < -0.4 is 5.73 Å². The molecular weight excluding hydrogens is 150 g/mol. The number of aliphatic imine (C=N–C) groups is 1. The maximum atomic E-state index is 5.61. The first kappa shape index (κ1) is 9.10. The van der Waals surface area contributed by atoms with Gasteiger partial charge in [-0.3, -0.25) is 0 Å². The van der Waals surface area contributed by atoms with E-state index in [0.29, 0.717) is 11.9 Å². The van der Waals surface area contributed by atoms with Gasteiger partial charge in [-0.05, 0) is 17.9 Å². The van der Waals surface area contributed by atoms with Crippen molar-refractivity contribution in [3.05, 3.63) is 11.8 Å². The van der Waals surface area contributed by atoms with E-state index in [-0.39, 0.29) is 0 Å². The lowest BCUT2D eigenvalue weighted by Crippen LogP contribution is -2.37. The van der Waals surface area contributed by atoms with Crippen LogP contribution in [0.15, 0.2) is 16.8 Å². The predicted octanol–water partition coefficient (Wildman–Crippen LogP) is 1.18. The lowest BCUT2D eigenvalue weighted by atomic mass is 9.98. The summed E-state index contributed by atoms with van der Waals surface area (Å²) in [4.78, 5) is 6.09. The van der Waals surface area contributed by atoms with Crippen molar-refractivity contribution in [2.45, 2.75) is 20.3 Å². The van der Waals surface area contributed by atoms with E-state index in [1.165, 1.54) is 5.57 Å². The smallest absolute Gasteiger partial charge is 0.195 e. The van der Waals surface area contributed by atoms with Gasteiger partial charge in [0.15, 0.2) is 5.96 Å². The average Bonchev–Trinajstić information content (AvgIpc) is 2.08. The maximum absolute atomic E-state index is 5.61. The average molecular weight is 167 g/mol. The third-order valence-corrected chi connectivity index (χ3v) is 2.42. The van der Waals surface area contributed by atoms with E-state index in [9.17, 15) is 0 Å². The summed E-state index contributed by atoms with van der Waals surface area (Å²) in [5.41, 5.74) is 6.98. The van der Waals surface area contributed by atoms with Crippen molar-refractivity contribution in [3.8, 4) is 0 Å². The van der Waals surface area contributed by atoms with Crippen LogP contribution in [0.4, 0.5) is 0 Å². The molecule has 1 aliphatic rings. The summed E-state index contributed by atoms with van der Waals surface area (Å²) in [5.74, 6) is 1.23. The summed E-state index contributed by atoms with van der Waals surface area (Å²) in [6.45, 7) is 5.33. The second-order valence-electron chi connectivity index (χ2n) is 3.36. The fourth-order valence-corrected chi connectivity index (χ4v) is 1.19. The molecule has 68 valence electrons. The van der Waals surface area contributed by atoms with Gasteiger partial charge in [-0.2, -0.15) is 0 Å². The Morgan fingerprint density at radius 1 is 1.75 bits per heavy atom. The molecule has 0 aromatic carbocycles. The molecule has 3 heteroatoms. The van der Waals surface area contributed by atoms with Gasteiger partial charge in [-0.1, -0.05) is 13.8 Å². The van der Waals surface area contributed by atoms with Crippen molar-refractivity contribution >= 4 is 5.96 Å². The van der Waals surface area contributed by atoms with Crippen molar-refractivity contribution in [1.29, 1.82) is 0 Å². The Balaban J connectivity index is 2.70. The standard InChI is InChI=1S/C9H17N3/c1-4-7(2)8-5-11-9(10)12(3)6-8/h5,7H,4,6H2,1-3H3,(H2,10,11).